The molecule has 0 aromatic carbocycles. The summed E-state index contributed by atoms with van der Waals surface area (Å²) in [6.45, 7) is 0.683. The Bertz CT molecular complexity index is 348. The van der Waals surface area contributed by atoms with E-state index in [0.717, 1.165) is 12.1 Å². The number of nitrogens with two attached hydrogens (primary N) is 1. The third kappa shape index (κ3) is 46.8. The summed E-state index contributed by atoms with van der Waals surface area (Å²) in [4.78, 5) is 58.1. The van der Waals surface area contributed by atoms with Crippen molar-refractivity contribution in [2.24, 2.45) is 5.73 Å². The van der Waals surface area contributed by atoms with E-state index < -0.39 is 15.6 Å². The quantitative estimate of drug-likeness (QED) is 0.486. The molecule has 0 atom stereocenters. The third-order valence-electron chi connectivity index (χ3n) is 0.969. The first-order valence-corrected chi connectivity index (χ1v) is 6.99. The minimum atomic E-state index is -5.39. The molecule has 0 radical (unpaired) electrons. The molecule has 12 nitrogen and oxygen atoms in total. The van der Waals surface area contributed by atoms with Crippen LogP contribution in [0.15, 0.2) is 12.5 Å². The zero-order valence-corrected chi connectivity index (χ0v) is 11.0. The fourth-order valence-corrected chi connectivity index (χ4v) is 0.577. The standard InChI is InChI=1S/C5H9N3.2H3O4P.H2O/c6-2-1-5-3-7-4-8-5;2*1-5(2,3)4;/h3-4H,1-2,6H2,(H,7,8);2*(H3,1,2,3,4);1H2/p-6. The van der Waals surface area contributed by atoms with Gasteiger partial charge in [0.1, 0.15) is 0 Å². The van der Waals surface area contributed by atoms with Gasteiger partial charge in [-0.3, -0.25) is 0 Å². The fourth-order valence-electron chi connectivity index (χ4n) is 0.577. The van der Waals surface area contributed by atoms with Crippen molar-refractivity contribution in [2.75, 3.05) is 6.54 Å². The molecule has 116 valence electrons. The minimum Gasteiger partial charge on any atom is -0.822 e. The van der Waals surface area contributed by atoms with Crippen LogP contribution in [0.4, 0.5) is 0 Å². The molecule has 0 aliphatic heterocycles. The summed E-state index contributed by atoms with van der Waals surface area (Å²) in [5.74, 6) is 0. The number of imidazole rings is 1. The van der Waals surface area contributed by atoms with Crippen LogP contribution < -0.4 is 35.1 Å². The second kappa shape index (κ2) is 11.2. The Morgan fingerprint density at radius 3 is 1.68 bits per heavy atom. The van der Waals surface area contributed by atoms with Crippen LogP contribution >= 0.6 is 15.6 Å². The average Bonchev–Trinajstić information content (AvgIpc) is 2.50. The van der Waals surface area contributed by atoms with Crippen molar-refractivity contribution >= 4 is 15.6 Å². The Kier molecular flexibility index (Phi) is 13.8. The maximum Gasteiger partial charge on any atom is 0.0921 e. The number of hydrogen-bond donors (Lipinski definition) is 2. The first-order chi connectivity index (χ1) is 7.93. The van der Waals surface area contributed by atoms with Crippen LogP contribution in [0.25, 0.3) is 0 Å². The van der Waals surface area contributed by atoms with E-state index in [0.29, 0.717) is 6.54 Å². The Morgan fingerprint density at radius 2 is 1.47 bits per heavy atom. The first-order valence-electron chi connectivity index (χ1n) is 4.07. The average molecular weight is 319 g/mol. The van der Waals surface area contributed by atoms with E-state index >= 15 is 0 Å². The number of H-pyrrole nitrogens is 1. The van der Waals surface area contributed by atoms with Crippen molar-refractivity contribution in [1.82, 2.24) is 9.97 Å². The molecule has 0 amide bonds. The summed E-state index contributed by atoms with van der Waals surface area (Å²) >= 11 is 0. The summed E-state index contributed by atoms with van der Waals surface area (Å²) in [6, 6.07) is 0. The number of nitrogens with one attached hydrogen (secondary N) is 1. The molecule has 0 spiro atoms. The van der Waals surface area contributed by atoms with Gasteiger partial charge < -0.3 is 54.7 Å². The van der Waals surface area contributed by atoms with E-state index in [4.69, 9.17) is 44.2 Å². The molecule has 1 rings (SSSR count). The highest BCUT2D eigenvalue weighted by atomic mass is 31.2. The predicted octanol–water partition coefficient (Wildman–Crippen LogP) is -6.56. The number of aromatic nitrogens is 2. The van der Waals surface area contributed by atoms with Gasteiger partial charge >= 0.3 is 0 Å². The molecule has 19 heavy (non-hydrogen) atoms. The SMILES string of the molecule is NCCc1cnc[nH]1.O.O=P([O-])([O-])[O-].O=P([O-])([O-])[O-]. The van der Waals surface area contributed by atoms with Crippen molar-refractivity contribution in [2.45, 2.75) is 6.42 Å². The lowest BCUT2D eigenvalue weighted by Gasteiger charge is -2.36. The van der Waals surface area contributed by atoms with Gasteiger partial charge in [0.15, 0.2) is 0 Å². The molecule has 0 saturated heterocycles. The van der Waals surface area contributed by atoms with E-state index in [1.165, 1.54) is 0 Å². The van der Waals surface area contributed by atoms with Gasteiger partial charge in [0.05, 0.1) is 6.33 Å². The summed E-state index contributed by atoms with van der Waals surface area (Å²) in [6.07, 6.45) is 4.33. The van der Waals surface area contributed by atoms with Crippen LogP contribution in [0.3, 0.4) is 0 Å². The molecular formula is C5H11N3O9P2-6. The molecule has 0 aliphatic carbocycles. The van der Waals surface area contributed by atoms with Crippen molar-refractivity contribution in [3.05, 3.63) is 18.2 Å². The Hall–Kier alpha value is -0.650. The first kappa shape index (κ1) is 23.4. The number of aromatic amines is 1. The summed E-state index contributed by atoms with van der Waals surface area (Å²) in [5.41, 5.74) is 6.38. The number of nitrogens with zero attached hydrogens (tertiary/aromatic N) is 1. The van der Waals surface area contributed by atoms with Crippen LogP contribution in [0.2, 0.25) is 0 Å². The number of rotatable bonds is 2. The van der Waals surface area contributed by atoms with Crippen molar-refractivity contribution in [3.8, 4) is 0 Å². The van der Waals surface area contributed by atoms with Crippen molar-refractivity contribution < 1.29 is 44.0 Å². The van der Waals surface area contributed by atoms with Gasteiger partial charge in [-0.1, -0.05) is 0 Å². The van der Waals surface area contributed by atoms with Gasteiger partial charge in [0, 0.05) is 18.3 Å². The Balaban J connectivity index is -0.000000208. The molecule has 1 heterocycles. The zero-order chi connectivity index (χ0) is 14.8. The predicted molar refractivity (Wildman–Crippen MR) is 50.2 cm³/mol. The largest absolute Gasteiger partial charge is 0.822 e. The third-order valence-corrected chi connectivity index (χ3v) is 0.969. The van der Waals surface area contributed by atoms with Gasteiger partial charge in [0.25, 0.3) is 0 Å². The molecule has 1 aromatic heterocycles. The lowest BCUT2D eigenvalue weighted by Crippen LogP contribution is -2.24. The lowest BCUT2D eigenvalue weighted by atomic mass is 10.3. The van der Waals surface area contributed by atoms with Crippen molar-refractivity contribution in [1.29, 1.82) is 0 Å². The molecule has 14 heteroatoms. The Labute approximate surface area is 107 Å². The minimum absolute atomic E-state index is 0. The maximum atomic E-state index is 8.55. The van der Waals surface area contributed by atoms with Gasteiger partial charge in [-0.15, -0.1) is 0 Å². The van der Waals surface area contributed by atoms with Crippen LogP contribution in [-0.4, -0.2) is 22.0 Å². The van der Waals surface area contributed by atoms with Gasteiger partial charge in [-0.25, -0.2) is 4.98 Å². The molecule has 1 aromatic rings. The summed E-state index contributed by atoms with van der Waals surface area (Å²) < 4.78 is 17.1. The van der Waals surface area contributed by atoms with E-state index in [1.807, 2.05) is 0 Å². The maximum absolute atomic E-state index is 8.55. The second-order valence-corrected chi connectivity index (χ2v) is 4.30. The highest BCUT2D eigenvalue weighted by molar-refractivity contribution is 7.40. The van der Waals surface area contributed by atoms with Crippen LogP contribution in [0.1, 0.15) is 5.69 Å². The van der Waals surface area contributed by atoms with Gasteiger partial charge in [0.2, 0.25) is 0 Å². The molecular weight excluding hydrogens is 308 g/mol. The lowest BCUT2D eigenvalue weighted by molar-refractivity contribution is -0.434. The van der Waals surface area contributed by atoms with Crippen LogP contribution in [0, 0.1) is 0 Å². The Morgan fingerprint density at radius 1 is 1.11 bits per heavy atom. The van der Waals surface area contributed by atoms with Crippen molar-refractivity contribution in [3.63, 3.8) is 0 Å². The molecule has 0 bridgehead atoms. The number of hydrogen-bond acceptors (Lipinski definition) is 10. The molecule has 0 unspecified atom stereocenters. The van der Waals surface area contributed by atoms with E-state index in [1.54, 1.807) is 12.5 Å². The van der Waals surface area contributed by atoms with Gasteiger partial charge in [-0.05, 0) is 6.54 Å². The topological polar surface area (TPSA) is 259 Å². The molecule has 0 saturated carbocycles. The highest BCUT2D eigenvalue weighted by Gasteiger charge is 1.87. The monoisotopic (exact) mass is 319 g/mol. The highest BCUT2D eigenvalue weighted by Crippen LogP contribution is 2.03. The smallest absolute Gasteiger partial charge is 0.0921 e. The normalized spacial score (nSPS) is 10.3. The van der Waals surface area contributed by atoms with Gasteiger partial charge in [-0.2, -0.15) is 15.6 Å². The summed E-state index contributed by atoms with van der Waals surface area (Å²) in [7, 11) is -10.8. The fraction of sp³-hybridized carbons (Fsp3) is 0.400. The zero-order valence-electron chi connectivity index (χ0n) is 9.25. The van der Waals surface area contributed by atoms with E-state index in [9.17, 15) is 0 Å². The van der Waals surface area contributed by atoms with E-state index in [-0.39, 0.29) is 5.48 Å². The second-order valence-electron chi connectivity index (χ2n) is 2.51. The number of phosphoric acid groups is 2. The van der Waals surface area contributed by atoms with E-state index in [2.05, 4.69) is 9.97 Å². The summed E-state index contributed by atoms with van der Waals surface area (Å²) in [5, 5.41) is 0. The van der Waals surface area contributed by atoms with Crippen LogP contribution in [-0.2, 0) is 15.6 Å². The molecule has 0 aliphatic rings. The van der Waals surface area contributed by atoms with Crippen LogP contribution in [0.5, 0.6) is 0 Å². The molecule has 0 fully saturated rings. The molecule has 5 N–H and O–H groups in total.